The molecule has 118 valence electrons. The van der Waals surface area contributed by atoms with Gasteiger partial charge in [-0.25, -0.2) is 4.79 Å². The maximum absolute atomic E-state index is 11.7. The highest BCUT2D eigenvalue weighted by molar-refractivity contribution is 6.02. The summed E-state index contributed by atoms with van der Waals surface area (Å²) in [7, 11) is 0. The van der Waals surface area contributed by atoms with Crippen molar-refractivity contribution >= 4 is 27.9 Å². The van der Waals surface area contributed by atoms with Crippen LogP contribution >= 0.6 is 0 Å². The molecule has 4 rings (SSSR count). The van der Waals surface area contributed by atoms with Gasteiger partial charge in [0.25, 0.3) is 0 Å². The Bertz CT molecular complexity index is 1120. The molecule has 0 amide bonds. The summed E-state index contributed by atoms with van der Waals surface area (Å²) in [5, 5.41) is 10.5. The first-order valence-corrected chi connectivity index (χ1v) is 7.37. The maximum atomic E-state index is 11.7. The van der Waals surface area contributed by atoms with Crippen molar-refractivity contribution in [3.8, 4) is 11.1 Å². The number of fused-ring (bicyclic) bond motifs is 2. The Hall–Kier alpha value is -3.34. The highest BCUT2D eigenvalue weighted by Gasteiger charge is 2.14. The van der Waals surface area contributed by atoms with Crippen LogP contribution in [-0.2, 0) is 11.2 Å². The van der Waals surface area contributed by atoms with Gasteiger partial charge in [0.05, 0.1) is 12.7 Å². The van der Waals surface area contributed by atoms with E-state index < -0.39 is 11.6 Å². The van der Waals surface area contributed by atoms with E-state index in [9.17, 15) is 9.59 Å². The van der Waals surface area contributed by atoms with Gasteiger partial charge in [-0.3, -0.25) is 4.79 Å². The Morgan fingerprint density at radius 3 is 2.54 bits per heavy atom. The number of aliphatic carboxylic acids is 1. The number of hydrogen-bond donors (Lipinski definition) is 1. The third kappa shape index (κ3) is 2.36. The smallest absolute Gasteiger partial charge is 0.336 e. The largest absolute Gasteiger partial charge is 0.481 e. The Labute approximate surface area is 135 Å². The van der Waals surface area contributed by atoms with E-state index >= 15 is 0 Å². The molecule has 0 saturated heterocycles. The normalized spacial score (nSPS) is 11.2. The highest BCUT2D eigenvalue weighted by atomic mass is 16.4. The Morgan fingerprint density at radius 2 is 1.79 bits per heavy atom. The van der Waals surface area contributed by atoms with Crippen LogP contribution in [0.3, 0.4) is 0 Å². The van der Waals surface area contributed by atoms with Gasteiger partial charge in [-0.1, -0.05) is 30.3 Å². The van der Waals surface area contributed by atoms with Crippen molar-refractivity contribution in [2.24, 2.45) is 0 Å². The molecule has 0 radical (unpaired) electrons. The van der Waals surface area contributed by atoms with Gasteiger partial charge in [0.15, 0.2) is 0 Å². The van der Waals surface area contributed by atoms with Gasteiger partial charge in [-0.2, -0.15) is 0 Å². The summed E-state index contributed by atoms with van der Waals surface area (Å²) in [6.45, 7) is 0. The lowest BCUT2D eigenvalue weighted by atomic mass is 10.0. The molecule has 0 fully saturated rings. The zero-order valence-electron chi connectivity index (χ0n) is 12.5. The van der Waals surface area contributed by atoms with E-state index in [1.165, 1.54) is 6.07 Å². The minimum Gasteiger partial charge on any atom is -0.481 e. The van der Waals surface area contributed by atoms with Crippen LogP contribution in [0.5, 0.6) is 0 Å². The molecular weight excluding hydrogens is 308 g/mol. The molecule has 0 aliphatic heterocycles. The van der Waals surface area contributed by atoms with Crippen LogP contribution in [0.1, 0.15) is 5.56 Å². The van der Waals surface area contributed by atoms with E-state index in [4.69, 9.17) is 13.9 Å². The number of carboxylic acids is 1. The summed E-state index contributed by atoms with van der Waals surface area (Å²) in [6.07, 6.45) is 1.40. The predicted octanol–water partition coefficient (Wildman–Crippen LogP) is 3.83. The van der Waals surface area contributed by atoms with Gasteiger partial charge >= 0.3 is 11.6 Å². The SMILES string of the molecule is O=C(O)Cc1cc(=O)oc2cc3occ(-c4ccccc4)c3cc12. The fourth-order valence-electron chi connectivity index (χ4n) is 2.90. The van der Waals surface area contributed by atoms with Crippen LogP contribution < -0.4 is 5.63 Å². The number of rotatable bonds is 3. The van der Waals surface area contributed by atoms with Crippen molar-refractivity contribution in [1.29, 1.82) is 0 Å². The van der Waals surface area contributed by atoms with Crippen LogP contribution in [0.2, 0.25) is 0 Å². The molecule has 5 heteroatoms. The molecule has 2 aromatic carbocycles. The van der Waals surface area contributed by atoms with Crippen molar-refractivity contribution in [1.82, 2.24) is 0 Å². The van der Waals surface area contributed by atoms with Gasteiger partial charge in [-0.05, 0) is 17.2 Å². The number of hydrogen-bond acceptors (Lipinski definition) is 4. The van der Waals surface area contributed by atoms with Crippen molar-refractivity contribution in [2.75, 3.05) is 0 Å². The van der Waals surface area contributed by atoms with Crippen LogP contribution in [0, 0.1) is 0 Å². The number of benzene rings is 2. The van der Waals surface area contributed by atoms with Crippen LogP contribution in [0.4, 0.5) is 0 Å². The number of carbonyl (C=O) groups is 1. The van der Waals surface area contributed by atoms with Crippen LogP contribution in [0.25, 0.3) is 33.1 Å². The third-order valence-electron chi connectivity index (χ3n) is 3.95. The zero-order valence-corrected chi connectivity index (χ0v) is 12.5. The van der Waals surface area contributed by atoms with Crippen molar-refractivity contribution in [3.63, 3.8) is 0 Å². The molecule has 2 heterocycles. The van der Waals surface area contributed by atoms with Gasteiger partial charge in [-0.15, -0.1) is 0 Å². The quantitative estimate of drug-likeness (QED) is 0.580. The lowest BCUT2D eigenvalue weighted by molar-refractivity contribution is -0.136. The molecule has 0 bridgehead atoms. The Kier molecular flexibility index (Phi) is 3.20. The molecule has 24 heavy (non-hydrogen) atoms. The molecule has 0 atom stereocenters. The van der Waals surface area contributed by atoms with E-state index in [2.05, 4.69) is 0 Å². The average Bonchev–Trinajstić information content (AvgIpc) is 2.96. The van der Waals surface area contributed by atoms with Crippen LogP contribution in [-0.4, -0.2) is 11.1 Å². The first-order chi connectivity index (χ1) is 11.6. The molecule has 0 aliphatic carbocycles. The Balaban J connectivity index is 2.03. The van der Waals surface area contributed by atoms with Gasteiger partial charge < -0.3 is 13.9 Å². The molecule has 1 N–H and O–H groups in total. The van der Waals surface area contributed by atoms with Gasteiger partial charge in [0, 0.05) is 28.5 Å². The van der Waals surface area contributed by atoms with Crippen molar-refractivity contribution < 1.29 is 18.7 Å². The van der Waals surface area contributed by atoms with E-state index in [1.54, 1.807) is 12.3 Å². The number of carboxylic acid groups (broad SMARTS) is 1. The monoisotopic (exact) mass is 320 g/mol. The highest BCUT2D eigenvalue weighted by Crippen LogP contribution is 2.34. The molecule has 0 saturated carbocycles. The molecule has 5 nitrogen and oxygen atoms in total. The summed E-state index contributed by atoms with van der Waals surface area (Å²) in [6, 6.07) is 14.4. The molecule has 2 aromatic heterocycles. The van der Waals surface area contributed by atoms with Gasteiger partial charge in [0.2, 0.25) is 0 Å². The molecule has 0 spiro atoms. The van der Waals surface area contributed by atoms with E-state index in [-0.39, 0.29) is 6.42 Å². The fraction of sp³-hybridized carbons (Fsp3) is 0.0526. The van der Waals surface area contributed by atoms with Crippen molar-refractivity contribution in [2.45, 2.75) is 6.42 Å². The fourth-order valence-corrected chi connectivity index (χ4v) is 2.90. The van der Waals surface area contributed by atoms with E-state index in [1.807, 2.05) is 36.4 Å². The number of furan rings is 1. The van der Waals surface area contributed by atoms with Crippen LogP contribution in [0.15, 0.2) is 68.4 Å². The molecule has 0 unspecified atom stereocenters. The summed E-state index contributed by atoms with van der Waals surface area (Å²) < 4.78 is 10.8. The van der Waals surface area contributed by atoms with E-state index in [0.29, 0.717) is 22.1 Å². The topological polar surface area (TPSA) is 80.6 Å². The van der Waals surface area contributed by atoms with E-state index in [0.717, 1.165) is 16.5 Å². The maximum Gasteiger partial charge on any atom is 0.336 e. The first-order valence-electron chi connectivity index (χ1n) is 7.37. The summed E-state index contributed by atoms with van der Waals surface area (Å²) in [4.78, 5) is 22.7. The predicted molar refractivity (Wildman–Crippen MR) is 89.0 cm³/mol. The summed E-state index contributed by atoms with van der Waals surface area (Å²) >= 11 is 0. The second-order valence-electron chi connectivity index (χ2n) is 5.52. The molecular formula is C19H12O5. The second kappa shape index (κ2) is 5.38. The minimum absolute atomic E-state index is 0.244. The first kappa shape index (κ1) is 14.3. The average molecular weight is 320 g/mol. The third-order valence-corrected chi connectivity index (χ3v) is 3.95. The summed E-state index contributed by atoms with van der Waals surface area (Å²) in [5.41, 5.74) is 2.65. The second-order valence-corrected chi connectivity index (χ2v) is 5.52. The zero-order chi connectivity index (χ0) is 16.7. The minimum atomic E-state index is -1.00. The molecule has 0 aliphatic rings. The summed E-state index contributed by atoms with van der Waals surface area (Å²) in [5.74, 6) is -1.00. The molecule has 4 aromatic rings. The van der Waals surface area contributed by atoms with Crippen molar-refractivity contribution in [3.05, 3.63) is 70.8 Å². The van der Waals surface area contributed by atoms with Gasteiger partial charge in [0.1, 0.15) is 11.2 Å². The Morgan fingerprint density at radius 1 is 1.00 bits per heavy atom. The lowest BCUT2D eigenvalue weighted by Crippen LogP contribution is -2.06. The standard InChI is InChI=1S/C19H12O5/c20-18(21)6-12-7-19(22)24-17-9-16-14(8-13(12)17)15(10-23-16)11-4-2-1-3-5-11/h1-5,7-10H,6H2,(H,20,21). The lowest BCUT2D eigenvalue weighted by Gasteiger charge is -2.04.